The monoisotopic (exact) mass is 559 g/mol. The summed E-state index contributed by atoms with van der Waals surface area (Å²) in [5.74, 6) is 0.497. The average molecular weight is 560 g/mol. The van der Waals surface area contributed by atoms with Crippen molar-refractivity contribution in [1.29, 1.82) is 0 Å². The minimum absolute atomic E-state index is 0.147. The van der Waals surface area contributed by atoms with E-state index in [1.54, 1.807) is 15.8 Å². The molecule has 0 N–H and O–H groups in total. The molecule has 2 atom stereocenters. The Kier molecular flexibility index (Phi) is 7.37. The second kappa shape index (κ2) is 11.1. The molecule has 6 heterocycles. The maximum absolute atomic E-state index is 12.6. The lowest BCUT2D eigenvalue weighted by Gasteiger charge is -2.34. The molecule has 11 heteroatoms. The zero-order chi connectivity index (χ0) is 28.6. The van der Waals surface area contributed by atoms with Crippen molar-refractivity contribution in [3.8, 4) is 28.5 Å². The van der Waals surface area contributed by atoms with Crippen LogP contribution in [-0.4, -0.2) is 71.9 Å². The van der Waals surface area contributed by atoms with Crippen molar-refractivity contribution in [2.75, 3.05) is 19.7 Å². The molecular formula is C30H37N7O4. The maximum atomic E-state index is 12.6. The zero-order valence-electron chi connectivity index (χ0n) is 24.1. The highest BCUT2D eigenvalue weighted by molar-refractivity contribution is 5.94. The Bertz CT molecular complexity index is 1530. The molecule has 2 aliphatic heterocycles. The first-order chi connectivity index (χ1) is 19.7. The average Bonchev–Trinajstić information content (AvgIpc) is 3.56. The van der Waals surface area contributed by atoms with E-state index in [2.05, 4.69) is 5.10 Å². The number of carbonyl (C=O) groups excluding carboxylic acids is 1. The van der Waals surface area contributed by atoms with Crippen LogP contribution in [0.4, 0.5) is 4.79 Å². The predicted octanol–water partition coefficient (Wildman–Crippen LogP) is 5.37. The van der Waals surface area contributed by atoms with E-state index in [1.807, 2.05) is 69.2 Å². The van der Waals surface area contributed by atoms with Gasteiger partial charge in [0.25, 0.3) is 0 Å². The Hall–Kier alpha value is -3.99. The first-order valence-corrected chi connectivity index (χ1v) is 14.3. The molecule has 2 saturated heterocycles. The van der Waals surface area contributed by atoms with Gasteiger partial charge in [-0.1, -0.05) is 6.07 Å². The van der Waals surface area contributed by atoms with E-state index in [9.17, 15) is 4.79 Å². The Balaban J connectivity index is 1.30. The number of ether oxygens (including phenoxy) is 3. The second-order valence-corrected chi connectivity index (χ2v) is 11.8. The number of aryl methyl sites for hydroxylation is 1. The summed E-state index contributed by atoms with van der Waals surface area (Å²) >= 11 is 0. The van der Waals surface area contributed by atoms with Gasteiger partial charge in [-0.3, -0.25) is 9.67 Å². The van der Waals surface area contributed by atoms with Gasteiger partial charge in [-0.15, -0.1) is 0 Å². The lowest BCUT2D eigenvalue weighted by Crippen LogP contribution is -2.46. The number of likely N-dealkylation sites (tertiary alicyclic amines) is 1. The molecule has 4 aromatic heterocycles. The molecule has 6 rings (SSSR count). The van der Waals surface area contributed by atoms with Gasteiger partial charge >= 0.3 is 6.09 Å². The molecule has 0 spiro atoms. The van der Waals surface area contributed by atoms with Gasteiger partial charge < -0.3 is 19.1 Å². The van der Waals surface area contributed by atoms with Gasteiger partial charge in [0.15, 0.2) is 6.23 Å². The van der Waals surface area contributed by atoms with Crippen LogP contribution < -0.4 is 4.74 Å². The summed E-state index contributed by atoms with van der Waals surface area (Å²) in [6, 6.07) is 7.76. The van der Waals surface area contributed by atoms with E-state index < -0.39 is 5.60 Å². The molecule has 4 aromatic rings. The van der Waals surface area contributed by atoms with E-state index in [1.165, 1.54) is 0 Å². The van der Waals surface area contributed by atoms with Crippen LogP contribution >= 0.6 is 0 Å². The van der Waals surface area contributed by atoms with E-state index in [-0.39, 0.29) is 18.4 Å². The Labute approximate surface area is 239 Å². The number of carbonyl (C=O) groups is 1. The number of pyridine rings is 2. The highest BCUT2D eigenvalue weighted by Crippen LogP contribution is 2.34. The summed E-state index contributed by atoms with van der Waals surface area (Å²) in [6.07, 6.45) is 9.69. The minimum Gasteiger partial charge on any atom is -0.472 e. The van der Waals surface area contributed by atoms with E-state index in [0.29, 0.717) is 31.3 Å². The van der Waals surface area contributed by atoms with E-state index >= 15 is 0 Å². The van der Waals surface area contributed by atoms with Gasteiger partial charge in [-0.2, -0.15) is 10.2 Å². The van der Waals surface area contributed by atoms with Crippen LogP contribution in [0.5, 0.6) is 5.88 Å². The number of hydrogen-bond donors (Lipinski definition) is 0. The molecule has 2 fully saturated rings. The minimum atomic E-state index is -0.540. The quantitative estimate of drug-likeness (QED) is 0.321. The molecule has 0 radical (unpaired) electrons. The zero-order valence-corrected chi connectivity index (χ0v) is 24.1. The predicted molar refractivity (Wildman–Crippen MR) is 153 cm³/mol. The highest BCUT2D eigenvalue weighted by Gasteiger charge is 2.29. The summed E-state index contributed by atoms with van der Waals surface area (Å²) in [4.78, 5) is 24.0. The molecule has 41 heavy (non-hydrogen) atoms. The Morgan fingerprint density at radius 1 is 1.10 bits per heavy atom. The summed E-state index contributed by atoms with van der Waals surface area (Å²) in [7, 11) is 1.89. The first kappa shape index (κ1) is 27.2. The Morgan fingerprint density at radius 2 is 1.98 bits per heavy atom. The first-order valence-electron chi connectivity index (χ1n) is 14.3. The molecule has 0 saturated carbocycles. The van der Waals surface area contributed by atoms with Crippen molar-refractivity contribution >= 4 is 17.0 Å². The van der Waals surface area contributed by atoms with Gasteiger partial charge in [0.2, 0.25) is 5.88 Å². The van der Waals surface area contributed by atoms with Crippen LogP contribution in [0.1, 0.15) is 59.1 Å². The molecular weight excluding hydrogens is 522 g/mol. The third-order valence-corrected chi connectivity index (χ3v) is 7.31. The lowest BCUT2D eigenvalue weighted by atomic mass is 10.1. The van der Waals surface area contributed by atoms with Gasteiger partial charge in [0.1, 0.15) is 17.4 Å². The number of piperidine rings is 1. The third-order valence-electron chi connectivity index (χ3n) is 7.31. The van der Waals surface area contributed by atoms with E-state index in [4.69, 9.17) is 29.3 Å². The van der Waals surface area contributed by atoms with Crippen molar-refractivity contribution in [2.24, 2.45) is 7.05 Å². The lowest BCUT2D eigenvalue weighted by molar-refractivity contribution is -0.0365. The topological polar surface area (TPSA) is 109 Å². The SMILES string of the molecule is Cn1cc(-c2cc3c(-c4cccc(O[C@H]5CCCN(C(=O)OC(C)(C)C)C5)n4)nn(C4CCCCO4)c3cn2)cn1. The number of rotatable bonds is 5. The highest BCUT2D eigenvalue weighted by atomic mass is 16.6. The number of nitrogens with zero attached hydrogens (tertiary/aromatic N) is 7. The summed E-state index contributed by atoms with van der Waals surface area (Å²) < 4.78 is 21.7. The van der Waals surface area contributed by atoms with Gasteiger partial charge in [0.05, 0.1) is 35.8 Å². The van der Waals surface area contributed by atoms with Gasteiger partial charge in [-0.25, -0.2) is 14.5 Å². The van der Waals surface area contributed by atoms with Gasteiger partial charge in [-0.05, 0) is 65.0 Å². The maximum Gasteiger partial charge on any atom is 0.410 e. The largest absolute Gasteiger partial charge is 0.472 e. The number of amides is 1. The van der Waals surface area contributed by atoms with Crippen LogP contribution in [0.2, 0.25) is 0 Å². The van der Waals surface area contributed by atoms with Crippen molar-refractivity contribution in [3.63, 3.8) is 0 Å². The molecule has 1 unspecified atom stereocenters. The standard InChI is InChI=1S/C30H37N7O4/c1-30(2,3)41-29(38)36-13-8-9-21(19-36)40-26-11-7-10-23(33-26)28-22-15-24(20-16-32-35(4)18-20)31-17-25(22)37(34-28)27-12-5-6-14-39-27/h7,10-11,15-18,21,27H,5-6,8-9,12-14,19H2,1-4H3/t21-,27?/m0/s1. The fourth-order valence-electron chi connectivity index (χ4n) is 5.38. The van der Waals surface area contributed by atoms with Crippen LogP contribution in [-0.2, 0) is 16.5 Å². The summed E-state index contributed by atoms with van der Waals surface area (Å²) in [6.45, 7) is 7.45. The molecule has 0 aromatic carbocycles. The molecule has 1 amide bonds. The molecule has 11 nitrogen and oxygen atoms in total. The number of aromatic nitrogens is 6. The van der Waals surface area contributed by atoms with Crippen LogP contribution in [0.15, 0.2) is 42.9 Å². The number of hydrogen-bond acceptors (Lipinski definition) is 8. The van der Waals surface area contributed by atoms with Crippen molar-refractivity contribution < 1.29 is 19.0 Å². The second-order valence-electron chi connectivity index (χ2n) is 11.8. The van der Waals surface area contributed by atoms with Crippen molar-refractivity contribution in [2.45, 2.75) is 70.8 Å². The molecule has 0 aliphatic carbocycles. The summed E-state index contributed by atoms with van der Waals surface area (Å²) in [5, 5.41) is 10.3. The number of fused-ring (bicyclic) bond motifs is 1. The Morgan fingerprint density at radius 3 is 2.73 bits per heavy atom. The molecule has 2 aliphatic rings. The smallest absolute Gasteiger partial charge is 0.410 e. The fraction of sp³-hybridized carbons (Fsp3) is 0.500. The van der Waals surface area contributed by atoms with E-state index in [0.717, 1.165) is 60.0 Å². The van der Waals surface area contributed by atoms with Crippen LogP contribution in [0.25, 0.3) is 33.5 Å². The van der Waals surface area contributed by atoms with Gasteiger partial charge in [0, 0.05) is 43.4 Å². The normalized spacial score (nSPS) is 19.9. The summed E-state index contributed by atoms with van der Waals surface area (Å²) in [5.41, 5.74) is 3.54. The third kappa shape index (κ3) is 6.04. The van der Waals surface area contributed by atoms with Crippen molar-refractivity contribution in [1.82, 2.24) is 34.4 Å². The van der Waals surface area contributed by atoms with Crippen LogP contribution in [0.3, 0.4) is 0 Å². The van der Waals surface area contributed by atoms with Crippen molar-refractivity contribution in [3.05, 3.63) is 42.9 Å². The van der Waals surface area contributed by atoms with Crippen LogP contribution in [0, 0.1) is 0 Å². The molecule has 0 bridgehead atoms. The fourth-order valence-corrected chi connectivity index (χ4v) is 5.38. The molecule has 216 valence electrons.